The van der Waals surface area contributed by atoms with Crippen LogP contribution in [0.15, 0.2) is 12.3 Å². The predicted molar refractivity (Wildman–Crippen MR) is 68.8 cm³/mol. The molecule has 90 valence electrons. The summed E-state index contributed by atoms with van der Waals surface area (Å²) in [5, 5.41) is 0. The van der Waals surface area contributed by atoms with E-state index in [1.165, 1.54) is 50.9 Å². The molecular formula is C14H24N2. The van der Waals surface area contributed by atoms with Gasteiger partial charge in [0.1, 0.15) is 0 Å². The Kier molecular flexibility index (Phi) is 4.05. The Bertz CT molecular complexity index is 310. The summed E-state index contributed by atoms with van der Waals surface area (Å²) in [5.74, 6) is 0. The second-order valence-electron chi connectivity index (χ2n) is 4.91. The van der Waals surface area contributed by atoms with E-state index in [1.54, 1.807) is 5.56 Å². The minimum absolute atomic E-state index is 0.769. The minimum atomic E-state index is 0.769. The molecule has 0 unspecified atom stereocenters. The first-order chi connectivity index (χ1) is 7.85. The summed E-state index contributed by atoms with van der Waals surface area (Å²) in [7, 11) is 0. The number of nitrogens with one attached hydrogen (secondary N) is 1. The van der Waals surface area contributed by atoms with Gasteiger partial charge in [-0.15, -0.1) is 0 Å². The number of H-pyrrole nitrogens is 1. The predicted octanol–water partition coefficient (Wildman–Crippen LogP) is 2.99. The lowest BCUT2D eigenvalue weighted by Crippen LogP contribution is -2.40. The highest BCUT2D eigenvalue weighted by Gasteiger charge is 2.23. The van der Waals surface area contributed by atoms with Crippen LogP contribution in [0.3, 0.4) is 0 Å². The summed E-state index contributed by atoms with van der Waals surface area (Å²) >= 11 is 0. The summed E-state index contributed by atoms with van der Waals surface area (Å²) in [6, 6.07) is 3.02. The first kappa shape index (κ1) is 11.7. The smallest absolute Gasteiger partial charge is 0.0195 e. The van der Waals surface area contributed by atoms with Crippen molar-refractivity contribution in [1.82, 2.24) is 9.88 Å². The van der Waals surface area contributed by atoms with Crippen molar-refractivity contribution < 1.29 is 0 Å². The maximum atomic E-state index is 3.40. The molecule has 0 saturated carbocycles. The number of rotatable bonds is 5. The van der Waals surface area contributed by atoms with Crippen LogP contribution in [0.4, 0.5) is 0 Å². The molecule has 1 aliphatic carbocycles. The molecule has 1 atom stereocenters. The first-order valence-corrected chi connectivity index (χ1v) is 6.74. The fraction of sp³-hybridized carbons (Fsp3) is 0.714. The second-order valence-corrected chi connectivity index (χ2v) is 4.91. The van der Waals surface area contributed by atoms with Crippen molar-refractivity contribution in [3.05, 3.63) is 23.5 Å². The van der Waals surface area contributed by atoms with Crippen molar-refractivity contribution in [3.8, 4) is 0 Å². The number of aryl methyl sites for hydroxylation is 1. The van der Waals surface area contributed by atoms with Crippen molar-refractivity contribution in [2.45, 2.75) is 52.0 Å². The van der Waals surface area contributed by atoms with Crippen molar-refractivity contribution in [2.24, 2.45) is 0 Å². The number of fused-ring (bicyclic) bond motifs is 1. The van der Waals surface area contributed by atoms with Crippen molar-refractivity contribution in [3.63, 3.8) is 0 Å². The standard InChI is InChI=1S/C14H24N2/c1-3-9-16(10-4-2)13-6-5-12-7-8-15-14(12)11-13/h7-8,13,15H,3-6,9-11H2,1-2H3/t13-/m0/s1. The van der Waals surface area contributed by atoms with Crippen molar-refractivity contribution in [2.75, 3.05) is 13.1 Å². The molecule has 0 spiro atoms. The first-order valence-electron chi connectivity index (χ1n) is 6.74. The van der Waals surface area contributed by atoms with E-state index in [0.717, 1.165) is 6.04 Å². The van der Waals surface area contributed by atoms with Gasteiger partial charge in [-0.05, 0) is 50.4 Å². The van der Waals surface area contributed by atoms with Crippen LogP contribution in [0, 0.1) is 0 Å². The van der Waals surface area contributed by atoms with E-state index in [4.69, 9.17) is 0 Å². The average molecular weight is 220 g/mol. The number of hydrogen-bond donors (Lipinski definition) is 1. The van der Waals surface area contributed by atoms with Crippen molar-refractivity contribution in [1.29, 1.82) is 0 Å². The summed E-state index contributed by atoms with van der Waals surface area (Å²) in [5.41, 5.74) is 3.03. The van der Waals surface area contributed by atoms with Gasteiger partial charge in [0.25, 0.3) is 0 Å². The third-order valence-electron chi connectivity index (χ3n) is 3.65. The summed E-state index contributed by atoms with van der Waals surface area (Å²) in [6.07, 6.45) is 8.46. The molecule has 1 heterocycles. The number of aromatic amines is 1. The Morgan fingerprint density at radius 3 is 2.75 bits per heavy atom. The van der Waals surface area contributed by atoms with Crippen LogP contribution in [0.5, 0.6) is 0 Å². The summed E-state index contributed by atoms with van der Waals surface area (Å²) < 4.78 is 0. The molecule has 1 aromatic heterocycles. The Balaban J connectivity index is 2.00. The molecule has 2 nitrogen and oxygen atoms in total. The van der Waals surface area contributed by atoms with E-state index in [0.29, 0.717) is 0 Å². The summed E-state index contributed by atoms with van der Waals surface area (Å²) in [4.78, 5) is 6.08. The molecule has 2 rings (SSSR count). The van der Waals surface area contributed by atoms with E-state index >= 15 is 0 Å². The van der Waals surface area contributed by atoms with Crippen LogP contribution in [0.25, 0.3) is 0 Å². The zero-order valence-corrected chi connectivity index (χ0v) is 10.6. The van der Waals surface area contributed by atoms with E-state index in [9.17, 15) is 0 Å². The van der Waals surface area contributed by atoms with Gasteiger partial charge in [0.2, 0.25) is 0 Å². The molecule has 0 aliphatic heterocycles. The lowest BCUT2D eigenvalue weighted by atomic mass is 9.92. The molecule has 2 heteroatoms. The fourth-order valence-corrected chi connectivity index (χ4v) is 2.88. The zero-order valence-electron chi connectivity index (χ0n) is 10.6. The second kappa shape index (κ2) is 5.53. The molecule has 0 fully saturated rings. The third kappa shape index (κ3) is 2.49. The van der Waals surface area contributed by atoms with Gasteiger partial charge < -0.3 is 9.88 Å². The van der Waals surface area contributed by atoms with Gasteiger partial charge in [-0.2, -0.15) is 0 Å². The largest absolute Gasteiger partial charge is 0.365 e. The molecule has 0 amide bonds. The number of hydrogen-bond acceptors (Lipinski definition) is 1. The van der Waals surface area contributed by atoms with Crippen LogP contribution in [-0.2, 0) is 12.8 Å². The maximum absolute atomic E-state index is 3.40. The van der Waals surface area contributed by atoms with E-state index in [2.05, 4.69) is 36.0 Å². The average Bonchev–Trinajstić information content (AvgIpc) is 2.75. The highest BCUT2D eigenvalue weighted by molar-refractivity contribution is 5.24. The molecule has 16 heavy (non-hydrogen) atoms. The molecule has 0 radical (unpaired) electrons. The Labute approximate surface area is 99.0 Å². The van der Waals surface area contributed by atoms with Gasteiger partial charge in [-0.25, -0.2) is 0 Å². The molecular weight excluding hydrogens is 196 g/mol. The van der Waals surface area contributed by atoms with Crippen LogP contribution < -0.4 is 0 Å². The van der Waals surface area contributed by atoms with E-state index in [-0.39, 0.29) is 0 Å². The molecule has 1 aromatic rings. The lowest BCUT2D eigenvalue weighted by molar-refractivity contribution is 0.179. The van der Waals surface area contributed by atoms with Crippen LogP contribution in [0.2, 0.25) is 0 Å². The van der Waals surface area contributed by atoms with Crippen LogP contribution >= 0.6 is 0 Å². The quantitative estimate of drug-likeness (QED) is 0.808. The van der Waals surface area contributed by atoms with Gasteiger partial charge >= 0.3 is 0 Å². The Hall–Kier alpha value is -0.760. The van der Waals surface area contributed by atoms with E-state index < -0.39 is 0 Å². The van der Waals surface area contributed by atoms with Crippen molar-refractivity contribution >= 4 is 0 Å². The highest BCUT2D eigenvalue weighted by atomic mass is 15.1. The highest BCUT2D eigenvalue weighted by Crippen LogP contribution is 2.23. The van der Waals surface area contributed by atoms with Gasteiger partial charge in [0.05, 0.1) is 0 Å². The van der Waals surface area contributed by atoms with Gasteiger partial charge in [-0.3, -0.25) is 0 Å². The third-order valence-corrected chi connectivity index (χ3v) is 3.65. The van der Waals surface area contributed by atoms with Gasteiger partial charge in [0, 0.05) is 24.4 Å². The normalized spacial score (nSPS) is 20.1. The minimum Gasteiger partial charge on any atom is -0.365 e. The van der Waals surface area contributed by atoms with Gasteiger partial charge in [-0.1, -0.05) is 13.8 Å². The number of aromatic nitrogens is 1. The SMILES string of the molecule is CCCN(CCC)[C@H]1CCc2cc[nH]c2C1. The Morgan fingerprint density at radius 1 is 1.31 bits per heavy atom. The van der Waals surface area contributed by atoms with Crippen LogP contribution in [-0.4, -0.2) is 29.0 Å². The molecule has 0 aromatic carbocycles. The van der Waals surface area contributed by atoms with Crippen LogP contribution in [0.1, 0.15) is 44.4 Å². The summed E-state index contributed by atoms with van der Waals surface area (Å²) in [6.45, 7) is 7.08. The van der Waals surface area contributed by atoms with Gasteiger partial charge in [0.15, 0.2) is 0 Å². The molecule has 1 aliphatic rings. The Morgan fingerprint density at radius 2 is 2.06 bits per heavy atom. The fourth-order valence-electron chi connectivity index (χ4n) is 2.88. The molecule has 1 N–H and O–H groups in total. The molecule has 0 saturated heterocycles. The molecule has 0 bridgehead atoms. The van der Waals surface area contributed by atoms with E-state index in [1.807, 2.05) is 0 Å². The monoisotopic (exact) mass is 220 g/mol. The zero-order chi connectivity index (χ0) is 11.4. The topological polar surface area (TPSA) is 19.0 Å². The maximum Gasteiger partial charge on any atom is 0.0195 e. The number of nitrogens with zero attached hydrogens (tertiary/aromatic N) is 1. The lowest BCUT2D eigenvalue weighted by Gasteiger charge is -2.34.